The number of allylic oxidation sites excluding steroid dienone is 2. The van der Waals surface area contributed by atoms with Crippen LogP contribution in [0.25, 0.3) is 0 Å². The summed E-state index contributed by atoms with van der Waals surface area (Å²) < 4.78 is 0.0261. The van der Waals surface area contributed by atoms with Crippen molar-refractivity contribution in [2.75, 3.05) is 32.6 Å². The lowest BCUT2D eigenvalue weighted by molar-refractivity contribution is -0.125. The second-order valence-electron chi connectivity index (χ2n) is 16.6. The monoisotopic (exact) mass is 708 g/mol. The molecule has 6 N–H and O–H groups in total. The minimum absolute atomic E-state index is 0.0261. The highest BCUT2D eigenvalue weighted by Gasteiger charge is 2.70. The normalized spacial score (nSPS) is 37.4. The fourth-order valence-electron chi connectivity index (χ4n) is 12.3. The highest BCUT2D eigenvalue weighted by molar-refractivity contribution is 8.77. The molecular weight excluding hydrogens is 649 g/mol. The molecule has 5 bridgehead atoms. The molecule has 7 rings (SSSR count). The quantitative estimate of drug-likeness (QED) is 0.193. The molecule has 6 aliphatic rings. The van der Waals surface area contributed by atoms with Crippen molar-refractivity contribution in [3.63, 3.8) is 0 Å². The van der Waals surface area contributed by atoms with Crippen LogP contribution in [0.1, 0.15) is 108 Å². The van der Waals surface area contributed by atoms with Gasteiger partial charge in [-0.15, -0.1) is 0 Å². The summed E-state index contributed by atoms with van der Waals surface area (Å²) >= 11 is 0. The van der Waals surface area contributed by atoms with Gasteiger partial charge in [-0.1, -0.05) is 77.6 Å². The van der Waals surface area contributed by atoms with E-state index in [1.54, 1.807) is 0 Å². The van der Waals surface area contributed by atoms with E-state index in [-0.39, 0.29) is 46.2 Å². The Balaban J connectivity index is 1.29. The van der Waals surface area contributed by atoms with Gasteiger partial charge in [0.15, 0.2) is 11.7 Å². The summed E-state index contributed by atoms with van der Waals surface area (Å²) in [6.45, 7) is 4.46. The SMILES string of the molecule is CNCc1cccc(CC2CN=C(N)NC23CCCC2=C4CC5CC(CO)C(CCCO)C4(CC2=O)C5(C)CCSSC32CCCCC2)c1. The van der Waals surface area contributed by atoms with E-state index in [4.69, 9.17) is 10.7 Å². The van der Waals surface area contributed by atoms with Crippen molar-refractivity contribution in [2.24, 2.45) is 45.2 Å². The highest BCUT2D eigenvalue weighted by Crippen LogP contribution is 2.75. The first-order valence-electron chi connectivity index (χ1n) is 19.3. The van der Waals surface area contributed by atoms with E-state index in [0.717, 1.165) is 82.2 Å². The van der Waals surface area contributed by atoms with Crippen LogP contribution in [0.15, 0.2) is 40.4 Å². The highest BCUT2D eigenvalue weighted by atomic mass is 33.1. The molecule has 2 aliphatic heterocycles. The number of carbonyl (C=O) groups is 1. The number of aliphatic hydroxyl groups is 2. The van der Waals surface area contributed by atoms with E-state index in [0.29, 0.717) is 30.0 Å². The molecule has 0 aromatic heterocycles. The lowest BCUT2D eigenvalue weighted by atomic mass is 9.47. The van der Waals surface area contributed by atoms with Crippen LogP contribution in [0.3, 0.4) is 0 Å². The van der Waals surface area contributed by atoms with Crippen LogP contribution in [-0.4, -0.2) is 64.8 Å². The Morgan fingerprint density at radius 3 is 2.69 bits per heavy atom. The fourth-order valence-corrected chi connectivity index (χ4v) is 16.2. The Kier molecular flexibility index (Phi) is 10.6. The van der Waals surface area contributed by atoms with Gasteiger partial charge in [-0.25, -0.2) is 0 Å². The van der Waals surface area contributed by atoms with Gasteiger partial charge in [0.25, 0.3) is 0 Å². The largest absolute Gasteiger partial charge is 0.396 e. The van der Waals surface area contributed by atoms with Gasteiger partial charge in [0, 0.05) is 54.6 Å². The smallest absolute Gasteiger partial charge is 0.189 e. The summed E-state index contributed by atoms with van der Waals surface area (Å²) in [6, 6.07) is 9.06. The van der Waals surface area contributed by atoms with Crippen LogP contribution in [0.2, 0.25) is 0 Å². The molecule has 49 heavy (non-hydrogen) atoms. The molecule has 7 atom stereocenters. The number of benzene rings is 1. The van der Waals surface area contributed by atoms with Crippen molar-refractivity contribution in [1.29, 1.82) is 0 Å². The third-order valence-electron chi connectivity index (χ3n) is 14.5. The van der Waals surface area contributed by atoms with E-state index in [2.05, 4.69) is 63.4 Å². The Morgan fingerprint density at radius 1 is 1.10 bits per heavy atom. The van der Waals surface area contributed by atoms with Gasteiger partial charge in [0.1, 0.15) is 0 Å². The number of guanidine groups is 1. The van der Waals surface area contributed by atoms with E-state index in [1.165, 1.54) is 48.8 Å². The van der Waals surface area contributed by atoms with Crippen LogP contribution in [0, 0.1) is 34.5 Å². The number of nitrogens with zero attached hydrogens (tertiary/aromatic N) is 1. The molecule has 0 radical (unpaired) electrons. The van der Waals surface area contributed by atoms with Crippen molar-refractivity contribution in [3.8, 4) is 0 Å². The average molecular weight is 709 g/mol. The zero-order valence-electron chi connectivity index (χ0n) is 29.9. The maximum Gasteiger partial charge on any atom is 0.189 e. The summed E-state index contributed by atoms with van der Waals surface area (Å²) in [5.41, 5.74) is 11.6. The van der Waals surface area contributed by atoms with E-state index < -0.39 is 0 Å². The van der Waals surface area contributed by atoms with Crippen molar-refractivity contribution in [1.82, 2.24) is 10.6 Å². The van der Waals surface area contributed by atoms with Gasteiger partial charge < -0.3 is 26.6 Å². The summed E-state index contributed by atoms with van der Waals surface area (Å²) in [6.07, 6.45) is 15.2. The topological polar surface area (TPSA) is 120 Å². The molecule has 3 fully saturated rings. The number of nitrogens with two attached hydrogens (primary N) is 1. The molecule has 9 heteroatoms. The summed E-state index contributed by atoms with van der Waals surface area (Å²) in [7, 11) is 6.26. The number of aliphatic hydroxyl groups excluding tert-OH is 2. The van der Waals surface area contributed by atoms with Crippen molar-refractivity contribution >= 4 is 33.3 Å². The number of ketones is 1. The predicted molar refractivity (Wildman–Crippen MR) is 203 cm³/mol. The van der Waals surface area contributed by atoms with Gasteiger partial charge in [0.05, 0.1) is 5.54 Å². The number of carbonyl (C=O) groups excluding carboxylic acids is 1. The van der Waals surface area contributed by atoms with Crippen molar-refractivity contribution in [3.05, 3.63) is 46.5 Å². The minimum Gasteiger partial charge on any atom is -0.396 e. The predicted octanol–water partition coefficient (Wildman–Crippen LogP) is 6.56. The van der Waals surface area contributed by atoms with Crippen LogP contribution < -0.4 is 16.4 Å². The number of fused-ring (bicyclic) bond motifs is 1. The first-order valence-corrected chi connectivity index (χ1v) is 21.7. The van der Waals surface area contributed by atoms with Crippen molar-refractivity contribution in [2.45, 2.75) is 120 Å². The molecule has 1 aromatic rings. The van der Waals surface area contributed by atoms with Gasteiger partial charge in [-0.05, 0) is 118 Å². The van der Waals surface area contributed by atoms with Crippen LogP contribution in [0.5, 0.6) is 0 Å². The second-order valence-corrected chi connectivity index (χ2v) is 19.4. The van der Waals surface area contributed by atoms with Crippen LogP contribution in [0.4, 0.5) is 0 Å². The molecule has 2 heterocycles. The van der Waals surface area contributed by atoms with Crippen molar-refractivity contribution < 1.29 is 15.0 Å². The summed E-state index contributed by atoms with van der Waals surface area (Å²) in [5.74, 6) is 3.28. The first kappa shape index (κ1) is 35.9. The Bertz CT molecular complexity index is 1440. The molecule has 4 aliphatic carbocycles. The summed E-state index contributed by atoms with van der Waals surface area (Å²) in [4.78, 5) is 19.2. The zero-order valence-corrected chi connectivity index (χ0v) is 31.5. The third kappa shape index (κ3) is 5.93. The molecule has 0 saturated heterocycles. The van der Waals surface area contributed by atoms with Gasteiger partial charge >= 0.3 is 0 Å². The molecule has 1 aromatic carbocycles. The van der Waals surface area contributed by atoms with Gasteiger partial charge in [-0.2, -0.15) is 0 Å². The maximum absolute atomic E-state index is 14.3. The van der Waals surface area contributed by atoms with Gasteiger partial charge in [-0.3, -0.25) is 9.79 Å². The number of aliphatic imine (C=N–C) groups is 1. The lowest BCUT2D eigenvalue weighted by Crippen LogP contribution is -2.71. The third-order valence-corrected chi connectivity index (χ3v) is 17.9. The second kappa shape index (κ2) is 14.5. The number of nitrogens with one attached hydrogen (secondary N) is 2. The molecule has 0 amide bonds. The molecule has 7 unspecified atom stereocenters. The molecule has 7 nitrogen and oxygen atoms in total. The first-order chi connectivity index (χ1) is 23.8. The number of Topliss-reactive ketones (excluding diaryl/α,β-unsaturated/α-hetero) is 1. The number of hydrogen-bond acceptors (Lipinski definition) is 9. The summed E-state index contributed by atoms with van der Waals surface area (Å²) in [5, 5.41) is 27.9. The molecule has 3 spiro atoms. The maximum atomic E-state index is 14.3. The number of hydrogen-bond donors (Lipinski definition) is 5. The standard InChI is InChI=1S/C40H60N4O3S2/c1-37-16-18-48-49-38(13-4-3-5-14-38)40(31(25-43-36(41)44-40)20-27-9-6-10-28(19-27)24-42-2)15-7-11-32-34-22-30(37)21-29(26-46)33(12-8-17-45)39(34,37)23-35(32)47/h6,9-10,19,29-31,33,42,45-46H,3-5,7-8,11-18,20-26H2,1-2H3,(H3,41,43,44). The fraction of sp³-hybridized carbons (Fsp3) is 0.750. The van der Waals surface area contributed by atoms with E-state index >= 15 is 0 Å². The molecular formula is C40H60N4O3S2. The van der Waals surface area contributed by atoms with E-state index in [1.807, 2.05) is 7.05 Å². The number of rotatable bonds is 8. The van der Waals surface area contributed by atoms with Crippen LogP contribution in [-0.2, 0) is 17.8 Å². The lowest BCUT2D eigenvalue weighted by Gasteiger charge is -2.58. The Morgan fingerprint density at radius 2 is 1.92 bits per heavy atom. The average Bonchev–Trinajstić information content (AvgIpc) is 3.43. The minimum atomic E-state index is -0.223. The Hall–Kier alpha value is -1.52. The van der Waals surface area contributed by atoms with Gasteiger partial charge in [0.2, 0.25) is 0 Å². The molecule has 270 valence electrons. The van der Waals surface area contributed by atoms with E-state index in [9.17, 15) is 15.0 Å². The Labute approximate surface area is 302 Å². The zero-order chi connectivity index (χ0) is 34.3. The molecule has 3 saturated carbocycles. The van der Waals surface area contributed by atoms with Crippen LogP contribution >= 0.6 is 21.6 Å².